The molecule has 34 heteroatoms. The monoisotopic (exact) mass is 1360 g/mol. The predicted molar refractivity (Wildman–Crippen MR) is 348 cm³/mol. The molecule has 89 heavy (non-hydrogen) atoms. The number of hydrogen-bond donors (Lipinski definition) is 12. The molecular weight excluding hydrogens is 1290 g/mol. The number of nitrogens with zero attached hydrogens (tertiary/aromatic N) is 3. The molecule has 484 valence electrons. The SMILES string of the molecule is CC(=O)Nc1nc(C)c(S(=O)(=O)N[C@H](CCCCN)C(=O)Nc2ccc(C(c3ccc(NC(=O)[C@@H](CCCCN)NS(=O)(=O)c4sc(NC(C)=O)nc4C)cc3)c3ccc(NC(=O)[C@@H](CCCCN)NS(=O)(=O)c4sc(NC(C)=O)nc4C)cc3)cc2)s1.Cl. The van der Waals surface area contributed by atoms with E-state index in [1.54, 1.807) is 72.8 Å². The molecule has 0 spiro atoms. The van der Waals surface area contributed by atoms with Gasteiger partial charge in [-0.1, -0.05) is 89.7 Å². The van der Waals surface area contributed by atoms with Gasteiger partial charge in [0.2, 0.25) is 35.4 Å². The van der Waals surface area contributed by atoms with Crippen LogP contribution in [0.5, 0.6) is 0 Å². The number of halogens is 1. The van der Waals surface area contributed by atoms with Gasteiger partial charge >= 0.3 is 0 Å². The van der Waals surface area contributed by atoms with Crippen molar-refractivity contribution >= 4 is 144 Å². The van der Waals surface area contributed by atoms with Crippen molar-refractivity contribution in [3.05, 3.63) is 107 Å². The van der Waals surface area contributed by atoms with E-state index < -0.39 is 89.6 Å². The Morgan fingerprint density at radius 2 is 0.640 bits per heavy atom. The van der Waals surface area contributed by atoms with Gasteiger partial charge in [-0.3, -0.25) is 28.8 Å². The summed E-state index contributed by atoms with van der Waals surface area (Å²) < 4.78 is 89.4. The summed E-state index contributed by atoms with van der Waals surface area (Å²) in [5, 5.41) is 16.2. The summed E-state index contributed by atoms with van der Waals surface area (Å²) >= 11 is 2.24. The summed E-state index contributed by atoms with van der Waals surface area (Å²) in [7, 11) is -12.9. The van der Waals surface area contributed by atoms with Crippen LogP contribution < -0.4 is 63.3 Å². The van der Waals surface area contributed by atoms with Crippen LogP contribution in [0.4, 0.5) is 32.5 Å². The summed E-state index contributed by atoms with van der Waals surface area (Å²) in [6.45, 7) is 9.14. The molecule has 6 rings (SSSR count). The molecule has 3 aromatic heterocycles. The lowest BCUT2D eigenvalue weighted by Crippen LogP contribution is -2.43. The van der Waals surface area contributed by atoms with E-state index in [1.165, 1.54) is 41.5 Å². The Morgan fingerprint density at radius 1 is 0.404 bits per heavy atom. The molecule has 0 aliphatic carbocycles. The number of anilines is 6. The zero-order valence-corrected chi connectivity index (χ0v) is 55.3. The van der Waals surface area contributed by atoms with Crippen LogP contribution in [0.2, 0.25) is 0 Å². The van der Waals surface area contributed by atoms with Crippen molar-refractivity contribution in [2.24, 2.45) is 17.2 Å². The fourth-order valence-electron chi connectivity index (χ4n) is 8.98. The number of hydrogen-bond acceptors (Lipinski definition) is 21. The second kappa shape index (κ2) is 33.4. The minimum atomic E-state index is -4.31. The highest BCUT2D eigenvalue weighted by Crippen LogP contribution is 2.36. The molecule has 0 bridgehead atoms. The predicted octanol–water partition coefficient (Wildman–Crippen LogP) is 5.70. The van der Waals surface area contributed by atoms with Crippen LogP contribution in [0.25, 0.3) is 0 Å². The number of amides is 6. The van der Waals surface area contributed by atoms with Crippen LogP contribution in [0.1, 0.15) is 118 Å². The quantitative estimate of drug-likeness (QED) is 0.0173. The Hall–Kier alpha value is -6.73. The van der Waals surface area contributed by atoms with Crippen molar-refractivity contribution in [3.8, 4) is 0 Å². The van der Waals surface area contributed by atoms with Crippen LogP contribution >= 0.6 is 46.4 Å². The summed E-state index contributed by atoms with van der Waals surface area (Å²) in [4.78, 5) is 89.5. The molecule has 3 heterocycles. The highest BCUT2D eigenvalue weighted by molar-refractivity contribution is 7.92. The molecule has 6 aromatic rings. The fourth-order valence-corrected chi connectivity index (χ4v) is 17.1. The number of carbonyl (C=O) groups excluding carboxylic acids is 6. The third-order valence-electron chi connectivity index (χ3n) is 13.1. The summed E-state index contributed by atoms with van der Waals surface area (Å²) in [6.07, 6.45) is 3.08. The molecule has 0 fully saturated rings. The second-order valence-corrected chi connectivity index (χ2v) is 29.1. The molecule has 3 atom stereocenters. The molecule has 0 unspecified atom stereocenters. The normalized spacial score (nSPS) is 12.7. The minimum absolute atomic E-state index is 0. The van der Waals surface area contributed by atoms with Gasteiger partial charge in [0.05, 0.1) is 17.1 Å². The number of aryl methyl sites for hydroxylation is 3. The van der Waals surface area contributed by atoms with Crippen LogP contribution in [0, 0.1) is 20.8 Å². The molecule has 3 aromatic carbocycles. The highest BCUT2D eigenvalue weighted by atomic mass is 35.5. The van der Waals surface area contributed by atoms with E-state index in [1.807, 2.05) is 0 Å². The van der Waals surface area contributed by atoms with E-state index in [2.05, 4.69) is 61.0 Å². The fraction of sp³-hybridized carbons (Fsp3) is 0.400. The highest BCUT2D eigenvalue weighted by Gasteiger charge is 2.33. The molecule has 0 saturated heterocycles. The van der Waals surface area contributed by atoms with Gasteiger partial charge in [0.15, 0.2) is 28.0 Å². The molecular formula is C55H74ClN15O12S6. The maximum Gasteiger partial charge on any atom is 0.252 e. The Bertz CT molecular complexity index is 3400. The Balaban J connectivity index is 0.0000144. The Labute approximate surface area is 535 Å². The summed E-state index contributed by atoms with van der Waals surface area (Å²) in [5.41, 5.74) is 20.6. The van der Waals surface area contributed by atoms with E-state index in [9.17, 15) is 54.0 Å². The van der Waals surface area contributed by atoms with Crippen molar-refractivity contribution in [3.63, 3.8) is 0 Å². The standard InChI is InChI=1S/C55H73N15O12S6.ClH/c1-31-50(83-53(59-31)62-34(4)71)86(77,78)68-43(13-7-10-28-56)47(74)65-40-22-16-37(17-23-40)46(38-18-24-41(25-19-38)66-48(75)44(14-8-11-29-57)69-87(79,80)51-32(2)60-54(84-51)63-35(5)72)39-20-26-42(27-21-39)67-49(76)45(15-9-12-30-58)70-88(81,82)52-33(3)61-55(85-52)64-36(6)73;/h16-27,43-46,68-70H,7-15,28-30,56-58H2,1-6H3,(H,65,74)(H,66,75)(H,67,76)(H,59,62,71)(H,60,63,72)(H,61,64,73);1H/t43-,44-,45-;/m1./s1. The third-order valence-corrected chi connectivity index (χ3v) is 22.5. The number of sulfonamides is 3. The van der Waals surface area contributed by atoms with Gasteiger partial charge in [-0.2, -0.15) is 14.2 Å². The van der Waals surface area contributed by atoms with E-state index in [4.69, 9.17) is 17.2 Å². The first-order valence-electron chi connectivity index (χ1n) is 27.8. The Kier molecular flexibility index (Phi) is 27.4. The lowest BCUT2D eigenvalue weighted by molar-refractivity contribution is -0.118. The first-order valence-corrected chi connectivity index (χ1v) is 34.7. The summed E-state index contributed by atoms with van der Waals surface area (Å²) in [6, 6.07) is 16.7. The number of thiazole rings is 3. The summed E-state index contributed by atoms with van der Waals surface area (Å²) in [5.74, 6) is -3.86. The average molecular weight is 1370 g/mol. The zero-order chi connectivity index (χ0) is 64.5. The Morgan fingerprint density at radius 3 is 0.854 bits per heavy atom. The van der Waals surface area contributed by atoms with Crippen molar-refractivity contribution in [1.82, 2.24) is 29.1 Å². The lowest BCUT2D eigenvalue weighted by atomic mass is 9.85. The molecule has 0 saturated carbocycles. The van der Waals surface area contributed by atoms with Gasteiger partial charge in [0.1, 0.15) is 18.1 Å². The van der Waals surface area contributed by atoms with Gasteiger partial charge < -0.3 is 49.1 Å². The van der Waals surface area contributed by atoms with Crippen molar-refractivity contribution in [1.29, 1.82) is 0 Å². The van der Waals surface area contributed by atoms with Crippen molar-refractivity contribution in [2.45, 2.75) is 136 Å². The van der Waals surface area contributed by atoms with Crippen LogP contribution in [0.15, 0.2) is 85.4 Å². The van der Waals surface area contributed by atoms with Crippen LogP contribution in [0.3, 0.4) is 0 Å². The van der Waals surface area contributed by atoms with Crippen molar-refractivity contribution in [2.75, 3.05) is 51.5 Å². The molecule has 6 amide bonds. The van der Waals surface area contributed by atoms with Crippen LogP contribution in [-0.2, 0) is 58.8 Å². The molecule has 0 aliphatic heterocycles. The smallest absolute Gasteiger partial charge is 0.252 e. The van der Waals surface area contributed by atoms with Gasteiger partial charge in [-0.15, -0.1) is 12.4 Å². The number of aromatic nitrogens is 3. The maximum absolute atomic E-state index is 14.0. The van der Waals surface area contributed by atoms with E-state index in [0.29, 0.717) is 91.9 Å². The first kappa shape index (κ1) is 73.0. The minimum Gasteiger partial charge on any atom is -0.330 e. The molecule has 15 N–H and O–H groups in total. The van der Waals surface area contributed by atoms with Crippen molar-refractivity contribution < 1.29 is 54.0 Å². The van der Waals surface area contributed by atoms with E-state index in [-0.39, 0.29) is 76.8 Å². The number of nitrogens with two attached hydrogens (primary N) is 3. The second-order valence-electron chi connectivity index (χ2n) is 20.4. The zero-order valence-electron chi connectivity index (χ0n) is 49.6. The first-order chi connectivity index (χ1) is 41.6. The number of benzene rings is 3. The van der Waals surface area contributed by atoms with Gasteiger partial charge in [-0.05, 0) is 132 Å². The molecule has 0 aliphatic rings. The topological polar surface area (TPSA) is 430 Å². The largest absolute Gasteiger partial charge is 0.330 e. The van der Waals surface area contributed by atoms with Gasteiger partial charge in [0, 0.05) is 43.8 Å². The van der Waals surface area contributed by atoms with Crippen LogP contribution in [-0.4, -0.2) is 113 Å². The molecule has 0 radical (unpaired) electrons. The maximum atomic E-state index is 14.0. The lowest BCUT2D eigenvalue weighted by Gasteiger charge is -2.22. The third kappa shape index (κ3) is 21.2. The number of unbranched alkanes of at least 4 members (excludes halogenated alkanes) is 3. The number of rotatable bonds is 33. The van der Waals surface area contributed by atoms with E-state index >= 15 is 0 Å². The average Bonchev–Trinajstić information content (AvgIpc) is 2.67. The van der Waals surface area contributed by atoms with E-state index in [0.717, 1.165) is 34.0 Å². The number of nitrogens with one attached hydrogen (secondary N) is 9. The van der Waals surface area contributed by atoms with Gasteiger partial charge in [-0.25, -0.2) is 40.2 Å². The van der Waals surface area contributed by atoms with Gasteiger partial charge in [0.25, 0.3) is 30.1 Å². The number of carbonyl (C=O) groups is 6. The molecule has 27 nitrogen and oxygen atoms in total.